The van der Waals surface area contributed by atoms with Crippen LogP contribution in [0.5, 0.6) is 0 Å². The molecule has 21 heavy (non-hydrogen) atoms. The summed E-state index contributed by atoms with van der Waals surface area (Å²) in [4.78, 5) is 14.3. The quantitative estimate of drug-likeness (QED) is 0.904. The van der Waals surface area contributed by atoms with Crippen molar-refractivity contribution in [3.8, 4) is 0 Å². The number of hydrogen-bond donors (Lipinski definition) is 1. The SMILES string of the molecule is CCC(C(=O)N(C)CC1(O)CCOCC1)c1ccccc1. The summed E-state index contributed by atoms with van der Waals surface area (Å²) in [6.45, 7) is 3.52. The van der Waals surface area contributed by atoms with Crippen molar-refractivity contribution in [2.24, 2.45) is 0 Å². The standard InChI is InChI=1S/C17H25NO3/c1-3-15(14-7-5-4-6-8-14)16(19)18(2)13-17(20)9-11-21-12-10-17/h4-8,15,20H,3,9-13H2,1-2H3. The zero-order chi connectivity index (χ0) is 15.3. The van der Waals surface area contributed by atoms with Gasteiger partial charge in [-0.2, -0.15) is 0 Å². The lowest BCUT2D eigenvalue weighted by Crippen LogP contribution is -2.48. The van der Waals surface area contributed by atoms with Gasteiger partial charge in [0, 0.05) is 39.6 Å². The van der Waals surface area contributed by atoms with E-state index in [9.17, 15) is 9.90 Å². The minimum Gasteiger partial charge on any atom is -0.388 e. The molecule has 0 saturated carbocycles. The third-order valence-electron chi connectivity index (χ3n) is 4.24. The lowest BCUT2D eigenvalue weighted by molar-refractivity contribution is -0.138. The number of amides is 1. The Hall–Kier alpha value is -1.39. The molecular formula is C17H25NO3. The first kappa shape index (κ1) is 16.0. The molecule has 1 heterocycles. The number of aliphatic hydroxyl groups is 1. The average Bonchev–Trinajstić information content (AvgIpc) is 2.49. The van der Waals surface area contributed by atoms with Crippen LogP contribution in [0.2, 0.25) is 0 Å². The van der Waals surface area contributed by atoms with Gasteiger partial charge in [-0.3, -0.25) is 4.79 Å². The van der Waals surface area contributed by atoms with E-state index in [1.165, 1.54) is 0 Å². The van der Waals surface area contributed by atoms with E-state index in [0.29, 0.717) is 32.6 Å². The zero-order valence-corrected chi connectivity index (χ0v) is 12.9. The van der Waals surface area contributed by atoms with Crippen molar-refractivity contribution in [2.45, 2.75) is 37.7 Å². The second kappa shape index (κ2) is 7.05. The van der Waals surface area contributed by atoms with E-state index < -0.39 is 5.60 Å². The lowest BCUT2D eigenvalue weighted by Gasteiger charge is -2.36. The molecule has 1 aromatic rings. The van der Waals surface area contributed by atoms with E-state index in [0.717, 1.165) is 12.0 Å². The summed E-state index contributed by atoms with van der Waals surface area (Å²) in [6, 6.07) is 9.84. The second-order valence-electron chi connectivity index (χ2n) is 5.90. The van der Waals surface area contributed by atoms with E-state index in [2.05, 4.69) is 0 Å². The smallest absolute Gasteiger partial charge is 0.229 e. The van der Waals surface area contributed by atoms with Crippen molar-refractivity contribution >= 4 is 5.91 Å². The first-order valence-corrected chi connectivity index (χ1v) is 7.66. The maximum Gasteiger partial charge on any atom is 0.229 e. The highest BCUT2D eigenvalue weighted by molar-refractivity contribution is 5.83. The topological polar surface area (TPSA) is 49.8 Å². The van der Waals surface area contributed by atoms with Gasteiger partial charge in [0.05, 0.1) is 11.5 Å². The van der Waals surface area contributed by atoms with E-state index in [4.69, 9.17) is 4.74 Å². The average molecular weight is 291 g/mol. The summed E-state index contributed by atoms with van der Waals surface area (Å²) >= 11 is 0. The molecule has 0 aromatic heterocycles. The molecule has 2 rings (SSSR count). The Labute approximate surface area is 126 Å². The van der Waals surface area contributed by atoms with Gasteiger partial charge in [-0.25, -0.2) is 0 Å². The molecule has 1 atom stereocenters. The Bertz CT molecular complexity index is 454. The number of carbonyl (C=O) groups is 1. The van der Waals surface area contributed by atoms with Crippen LogP contribution in [0.1, 0.15) is 37.7 Å². The van der Waals surface area contributed by atoms with E-state index >= 15 is 0 Å². The first-order valence-electron chi connectivity index (χ1n) is 7.66. The fourth-order valence-electron chi connectivity index (χ4n) is 2.93. The van der Waals surface area contributed by atoms with E-state index in [1.807, 2.05) is 37.3 Å². The summed E-state index contributed by atoms with van der Waals surface area (Å²) in [5.74, 6) is -0.0664. The van der Waals surface area contributed by atoms with Crippen molar-refractivity contribution in [3.63, 3.8) is 0 Å². The van der Waals surface area contributed by atoms with Gasteiger partial charge in [-0.05, 0) is 12.0 Å². The predicted molar refractivity (Wildman–Crippen MR) is 82.1 cm³/mol. The molecule has 116 valence electrons. The van der Waals surface area contributed by atoms with Crippen molar-refractivity contribution in [1.82, 2.24) is 4.90 Å². The molecule has 4 nitrogen and oxygen atoms in total. The first-order chi connectivity index (χ1) is 10.1. The molecule has 0 spiro atoms. The normalized spacial score (nSPS) is 19.0. The monoisotopic (exact) mass is 291 g/mol. The summed E-state index contributed by atoms with van der Waals surface area (Å²) in [7, 11) is 1.78. The molecule has 1 fully saturated rings. The van der Waals surface area contributed by atoms with Crippen LogP contribution >= 0.6 is 0 Å². The molecule has 0 radical (unpaired) electrons. The molecular weight excluding hydrogens is 266 g/mol. The van der Waals surface area contributed by atoms with Gasteiger partial charge >= 0.3 is 0 Å². The van der Waals surface area contributed by atoms with Crippen LogP contribution in [0.15, 0.2) is 30.3 Å². The lowest BCUT2D eigenvalue weighted by atomic mass is 9.91. The third kappa shape index (κ3) is 4.05. The summed E-state index contributed by atoms with van der Waals surface area (Å²) in [5, 5.41) is 10.5. The number of nitrogens with zero attached hydrogens (tertiary/aromatic N) is 1. The Morgan fingerprint density at radius 3 is 2.52 bits per heavy atom. The summed E-state index contributed by atoms with van der Waals surface area (Å²) in [5.41, 5.74) is 0.230. The van der Waals surface area contributed by atoms with Gasteiger partial charge in [0.25, 0.3) is 0 Å². The zero-order valence-electron chi connectivity index (χ0n) is 12.9. The van der Waals surface area contributed by atoms with Gasteiger partial charge in [0.2, 0.25) is 5.91 Å². The number of likely N-dealkylation sites (N-methyl/N-ethyl adjacent to an activating group) is 1. The van der Waals surface area contributed by atoms with E-state index in [1.54, 1.807) is 11.9 Å². The van der Waals surface area contributed by atoms with Crippen molar-refractivity contribution in [2.75, 3.05) is 26.8 Å². The van der Waals surface area contributed by atoms with Gasteiger partial charge in [0.1, 0.15) is 0 Å². The van der Waals surface area contributed by atoms with Crippen LogP contribution in [0.25, 0.3) is 0 Å². The van der Waals surface area contributed by atoms with Crippen LogP contribution in [-0.2, 0) is 9.53 Å². The Kier molecular flexibility index (Phi) is 5.37. The van der Waals surface area contributed by atoms with E-state index in [-0.39, 0.29) is 11.8 Å². The van der Waals surface area contributed by atoms with Gasteiger partial charge < -0.3 is 14.7 Å². The Balaban J connectivity index is 2.03. The molecule has 1 amide bonds. The molecule has 4 heteroatoms. The molecule has 0 bridgehead atoms. The maximum atomic E-state index is 12.7. The van der Waals surface area contributed by atoms with Crippen molar-refractivity contribution < 1.29 is 14.6 Å². The highest BCUT2D eigenvalue weighted by atomic mass is 16.5. The largest absolute Gasteiger partial charge is 0.388 e. The highest BCUT2D eigenvalue weighted by Crippen LogP contribution is 2.25. The number of ether oxygens (including phenoxy) is 1. The number of rotatable bonds is 5. The van der Waals surface area contributed by atoms with Crippen LogP contribution < -0.4 is 0 Å². The Morgan fingerprint density at radius 1 is 1.33 bits per heavy atom. The van der Waals surface area contributed by atoms with Crippen LogP contribution in [0, 0.1) is 0 Å². The molecule has 1 unspecified atom stereocenters. The third-order valence-corrected chi connectivity index (χ3v) is 4.24. The van der Waals surface area contributed by atoms with Gasteiger partial charge in [-0.15, -0.1) is 0 Å². The molecule has 1 saturated heterocycles. The van der Waals surface area contributed by atoms with Crippen molar-refractivity contribution in [3.05, 3.63) is 35.9 Å². The summed E-state index contributed by atoms with van der Waals surface area (Å²) in [6.07, 6.45) is 1.94. The van der Waals surface area contributed by atoms with Crippen LogP contribution in [0.3, 0.4) is 0 Å². The van der Waals surface area contributed by atoms with Crippen molar-refractivity contribution in [1.29, 1.82) is 0 Å². The molecule has 1 aromatic carbocycles. The second-order valence-corrected chi connectivity index (χ2v) is 5.90. The Morgan fingerprint density at radius 2 is 1.95 bits per heavy atom. The fourth-order valence-corrected chi connectivity index (χ4v) is 2.93. The highest BCUT2D eigenvalue weighted by Gasteiger charge is 2.33. The van der Waals surface area contributed by atoms with Crippen LogP contribution in [-0.4, -0.2) is 48.3 Å². The molecule has 0 aliphatic carbocycles. The number of carbonyl (C=O) groups excluding carboxylic acids is 1. The maximum absolute atomic E-state index is 12.7. The minimum absolute atomic E-state index is 0.0728. The van der Waals surface area contributed by atoms with Gasteiger partial charge in [-0.1, -0.05) is 37.3 Å². The number of hydrogen-bond acceptors (Lipinski definition) is 3. The minimum atomic E-state index is -0.808. The molecule has 1 aliphatic heterocycles. The van der Waals surface area contributed by atoms with Gasteiger partial charge in [0.15, 0.2) is 0 Å². The summed E-state index contributed by atoms with van der Waals surface area (Å²) < 4.78 is 5.28. The molecule has 1 N–H and O–H groups in total. The van der Waals surface area contributed by atoms with Crippen LogP contribution in [0.4, 0.5) is 0 Å². The number of benzene rings is 1. The fraction of sp³-hybridized carbons (Fsp3) is 0.588. The predicted octanol–water partition coefficient (Wildman–Crippen LogP) is 2.18. The molecule has 1 aliphatic rings.